The van der Waals surface area contributed by atoms with Crippen molar-refractivity contribution >= 4 is 28.4 Å². The van der Waals surface area contributed by atoms with Crippen LogP contribution in [0, 0.1) is 6.92 Å². The molecule has 0 atom stereocenters. The van der Waals surface area contributed by atoms with Crippen LogP contribution in [0.5, 0.6) is 0 Å². The van der Waals surface area contributed by atoms with E-state index in [9.17, 15) is 0 Å². The fraction of sp³-hybridized carbons (Fsp3) is 0.308. The van der Waals surface area contributed by atoms with Crippen LogP contribution in [-0.4, -0.2) is 23.6 Å². The van der Waals surface area contributed by atoms with Gasteiger partial charge >= 0.3 is 0 Å². The zero-order valence-corrected chi connectivity index (χ0v) is 18.7. The third-order valence-electron chi connectivity index (χ3n) is 5.12. The van der Waals surface area contributed by atoms with Crippen LogP contribution in [0.3, 0.4) is 0 Å². The summed E-state index contributed by atoms with van der Waals surface area (Å²) in [7, 11) is 2.05. The predicted octanol–water partition coefficient (Wildman–Crippen LogP) is 6.81. The van der Waals surface area contributed by atoms with E-state index in [0.717, 1.165) is 35.2 Å². The molecule has 0 fully saturated rings. The molecule has 0 saturated carbocycles. The van der Waals surface area contributed by atoms with E-state index in [-0.39, 0.29) is 0 Å². The van der Waals surface area contributed by atoms with Crippen molar-refractivity contribution in [1.29, 1.82) is 0 Å². The number of fused-ring (bicyclic) bond motifs is 1. The molecule has 0 aliphatic carbocycles. The van der Waals surface area contributed by atoms with Gasteiger partial charge in [0.2, 0.25) is 5.95 Å². The first-order chi connectivity index (χ1) is 14.4. The second-order valence-corrected chi connectivity index (χ2v) is 8.03. The standard InChI is InChI=1S/C26H32N4/c1-19(2)9-8-10-20(3)17-18-27-26-28-24-12-7-6-11-23(24)25(29-26)30(5)22-15-13-21(4)14-16-22/h6-7,9,11-17H,8,10,18H2,1-5H3,(H,27,28,29)/b20-17-. The molecule has 1 N–H and O–H groups in total. The number of rotatable bonds is 8. The van der Waals surface area contributed by atoms with Crippen LogP contribution in [0.2, 0.25) is 0 Å². The quantitative estimate of drug-likeness (QED) is 0.422. The third kappa shape index (κ3) is 5.69. The first-order valence-electron chi connectivity index (χ1n) is 10.5. The highest BCUT2D eigenvalue weighted by molar-refractivity contribution is 5.92. The number of hydrogen-bond acceptors (Lipinski definition) is 4. The SMILES string of the molecule is CC(C)=CCC/C(C)=C\CNc1nc(N(C)c2ccc(C)cc2)c2ccccc2n1. The second-order valence-electron chi connectivity index (χ2n) is 8.03. The van der Waals surface area contributed by atoms with Gasteiger partial charge in [-0.2, -0.15) is 4.98 Å². The minimum absolute atomic E-state index is 0.649. The first kappa shape index (κ1) is 21.6. The summed E-state index contributed by atoms with van der Waals surface area (Å²) in [6, 6.07) is 16.7. The van der Waals surface area contributed by atoms with Crippen LogP contribution >= 0.6 is 0 Å². The molecule has 4 heteroatoms. The summed E-state index contributed by atoms with van der Waals surface area (Å²) in [5.74, 6) is 1.55. The van der Waals surface area contributed by atoms with Crippen LogP contribution in [0.25, 0.3) is 10.9 Å². The smallest absolute Gasteiger partial charge is 0.225 e. The van der Waals surface area contributed by atoms with Gasteiger partial charge < -0.3 is 10.2 Å². The molecule has 3 rings (SSSR count). The van der Waals surface area contributed by atoms with Gasteiger partial charge in [-0.15, -0.1) is 0 Å². The van der Waals surface area contributed by atoms with Crippen molar-refractivity contribution in [3.63, 3.8) is 0 Å². The van der Waals surface area contributed by atoms with Gasteiger partial charge in [0.05, 0.1) is 5.52 Å². The number of aromatic nitrogens is 2. The maximum absolute atomic E-state index is 4.85. The van der Waals surface area contributed by atoms with Crippen LogP contribution in [0.1, 0.15) is 39.2 Å². The monoisotopic (exact) mass is 400 g/mol. The molecular weight excluding hydrogens is 368 g/mol. The zero-order valence-electron chi connectivity index (χ0n) is 18.7. The van der Waals surface area contributed by atoms with Crippen LogP contribution in [0.15, 0.2) is 71.8 Å². The molecule has 3 aromatic rings. The Labute approximate surface area is 180 Å². The Morgan fingerprint density at radius 1 is 0.967 bits per heavy atom. The predicted molar refractivity (Wildman–Crippen MR) is 130 cm³/mol. The van der Waals surface area contributed by atoms with Crippen LogP contribution < -0.4 is 10.2 Å². The van der Waals surface area contributed by atoms with Crippen molar-refractivity contribution in [2.75, 3.05) is 23.8 Å². The van der Waals surface area contributed by atoms with E-state index in [1.54, 1.807) is 0 Å². The molecule has 4 nitrogen and oxygen atoms in total. The van der Waals surface area contributed by atoms with E-state index in [2.05, 4.69) is 87.4 Å². The highest BCUT2D eigenvalue weighted by Crippen LogP contribution is 2.29. The van der Waals surface area contributed by atoms with Crippen molar-refractivity contribution in [2.24, 2.45) is 0 Å². The van der Waals surface area contributed by atoms with Gasteiger partial charge in [-0.3, -0.25) is 0 Å². The van der Waals surface area contributed by atoms with E-state index < -0.39 is 0 Å². The number of hydrogen-bond donors (Lipinski definition) is 1. The lowest BCUT2D eigenvalue weighted by Crippen LogP contribution is -2.14. The summed E-state index contributed by atoms with van der Waals surface area (Å²) in [5, 5.41) is 4.42. The molecule has 0 bridgehead atoms. The molecule has 0 unspecified atom stereocenters. The number of para-hydroxylation sites is 1. The Kier molecular flexibility index (Phi) is 7.23. The molecule has 30 heavy (non-hydrogen) atoms. The molecule has 0 saturated heterocycles. The van der Waals surface area contributed by atoms with Gasteiger partial charge in [0.25, 0.3) is 0 Å². The largest absolute Gasteiger partial charge is 0.351 e. The van der Waals surface area contributed by atoms with Crippen molar-refractivity contribution in [3.8, 4) is 0 Å². The van der Waals surface area contributed by atoms with Crippen LogP contribution in [0.4, 0.5) is 17.5 Å². The number of benzene rings is 2. The van der Waals surface area contributed by atoms with Crippen LogP contribution in [-0.2, 0) is 0 Å². The number of nitrogens with zero attached hydrogens (tertiary/aromatic N) is 3. The summed E-state index contributed by atoms with van der Waals surface area (Å²) in [6.07, 6.45) is 6.67. The molecule has 0 radical (unpaired) electrons. The average molecular weight is 401 g/mol. The third-order valence-corrected chi connectivity index (χ3v) is 5.12. The summed E-state index contributed by atoms with van der Waals surface area (Å²) in [4.78, 5) is 11.7. The maximum Gasteiger partial charge on any atom is 0.225 e. The van der Waals surface area contributed by atoms with Gasteiger partial charge in [0.1, 0.15) is 5.82 Å². The van der Waals surface area contributed by atoms with Crippen molar-refractivity contribution < 1.29 is 0 Å². The Hall–Kier alpha value is -3.14. The fourth-order valence-corrected chi connectivity index (χ4v) is 3.29. The molecular formula is C26H32N4. The van der Waals surface area contributed by atoms with E-state index in [1.165, 1.54) is 16.7 Å². The van der Waals surface area contributed by atoms with Gasteiger partial charge in [-0.05, 0) is 64.8 Å². The Morgan fingerprint density at radius 2 is 1.70 bits per heavy atom. The zero-order chi connectivity index (χ0) is 21.5. The Balaban J connectivity index is 1.81. The molecule has 0 aliphatic heterocycles. The van der Waals surface area contributed by atoms with E-state index in [1.807, 2.05) is 18.2 Å². The molecule has 0 aliphatic rings. The van der Waals surface area contributed by atoms with Gasteiger partial charge in [-0.1, -0.05) is 53.1 Å². The Morgan fingerprint density at radius 3 is 2.43 bits per heavy atom. The van der Waals surface area contributed by atoms with Gasteiger partial charge in [0.15, 0.2) is 0 Å². The van der Waals surface area contributed by atoms with E-state index in [0.29, 0.717) is 12.5 Å². The van der Waals surface area contributed by atoms with Gasteiger partial charge in [-0.25, -0.2) is 4.98 Å². The minimum Gasteiger partial charge on any atom is -0.351 e. The molecule has 1 aromatic heterocycles. The molecule has 0 amide bonds. The highest BCUT2D eigenvalue weighted by atomic mass is 15.2. The lowest BCUT2D eigenvalue weighted by atomic mass is 10.1. The number of aryl methyl sites for hydroxylation is 1. The second kappa shape index (κ2) is 10.1. The van der Waals surface area contributed by atoms with Crippen molar-refractivity contribution in [1.82, 2.24) is 9.97 Å². The molecule has 2 aromatic carbocycles. The maximum atomic E-state index is 4.85. The topological polar surface area (TPSA) is 41.1 Å². The lowest BCUT2D eigenvalue weighted by molar-refractivity contribution is 0.958. The fourth-order valence-electron chi connectivity index (χ4n) is 3.29. The average Bonchev–Trinajstić information content (AvgIpc) is 2.73. The molecule has 1 heterocycles. The molecule has 156 valence electrons. The van der Waals surface area contributed by atoms with Gasteiger partial charge in [0, 0.05) is 24.7 Å². The normalized spacial score (nSPS) is 11.4. The number of anilines is 3. The summed E-state index contributed by atoms with van der Waals surface area (Å²) >= 11 is 0. The van der Waals surface area contributed by atoms with Crippen molar-refractivity contribution in [2.45, 2.75) is 40.5 Å². The summed E-state index contributed by atoms with van der Waals surface area (Å²) in [5.41, 5.74) is 6.03. The summed E-state index contributed by atoms with van der Waals surface area (Å²) < 4.78 is 0. The van der Waals surface area contributed by atoms with Crippen molar-refractivity contribution in [3.05, 3.63) is 77.4 Å². The minimum atomic E-state index is 0.649. The summed E-state index contributed by atoms with van der Waals surface area (Å²) in [6.45, 7) is 9.28. The first-order valence-corrected chi connectivity index (χ1v) is 10.5. The highest BCUT2D eigenvalue weighted by Gasteiger charge is 2.12. The number of allylic oxidation sites excluding steroid dienone is 3. The number of nitrogens with one attached hydrogen (secondary N) is 1. The van der Waals surface area contributed by atoms with E-state index in [4.69, 9.17) is 9.97 Å². The molecule has 0 spiro atoms. The lowest BCUT2D eigenvalue weighted by Gasteiger charge is -2.21. The Bertz CT molecular complexity index is 1040. The van der Waals surface area contributed by atoms with E-state index >= 15 is 0 Å².